The summed E-state index contributed by atoms with van der Waals surface area (Å²) in [5.74, 6) is 0.476. The molecule has 4 heterocycles. The van der Waals surface area contributed by atoms with E-state index in [1.54, 1.807) is 42.4 Å². The molecule has 0 aliphatic carbocycles. The van der Waals surface area contributed by atoms with Crippen LogP contribution in [0.2, 0.25) is 0 Å². The molecular weight excluding hydrogens is 595 g/mol. The number of aromatic nitrogens is 3. The largest absolute Gasteiger partial charge is 0.453 e. The van der Waals surface area contributed by atoms with Crippen molar-refractivity contribution in [3.63, 3.8) is 0 Å². The van der Waals surface area contributed by atoms with Crippen molar-refractivity contribution in [2.24, 2.45) is 0 Å². The average Bonchev–Trinajstić information content (AvgIpc) is 3.60. The van der Waals surface area contributed by atoms with E-state index in [9.17, 15) is 9.59 Å². The lowest BCUT2D eigenvalue weighted by Gasteiger charge is -2.27. The Morgan fingerprint density at radius 3 is 2.47 bits per heavy atom. The number of thiophene rings is 1. The van der Waals surface area contributed by atoms with Crippen molar-refractivity contribution >= 4 is 33.4 Å². The number of amides is 1. The Morgan fingerprint density at radius 2 is 1.80 bits per heavy atom. The number of nitrogens with zero attached hydrogens (tertiary/aromatic N) is 4. The molecule has 0 bridgehead atoms. The number of ether oxygens (including phenoxy) is 2. The molecule has 0 spiro atoms. The second-order valence-corrected chi connectivity index (χ2v) is 12.8. The second-order valence-electron chi connectivity index (χ2n) is 11.8. The molecule has 0 unspecified atom stereocenters. The van der Waals surface area contributed by atoms with Gasteiger partial charge in [-0.2, -0.15) is 0 Å². The highest BCUT2D eigenvalue weighted by Gasteiger charge is 2.22. The minimum absolute atomic E-state index is 0.0462. The fourth-order valence-electron chi connectivity index (χ4n) is 4.69. The van der Waals surface area contributed by atoms with Crippen molar-refractivity contribution in [2.75, 3.05) is 6.54 Å². The summed E-state index contributed by atoms with van der Waals surface area (Å²) in [6, 6.07) is 13.7. The third-order valence-electron chi connectivity index (χ3n) is 6.64. The second kappa shape index (κ2) is 13.6. The van der Waals surface area contributed by atoms with Crippen LogP contribution in [-0.2, 0) is 28.9 Å². The Labute approximate surface area is 265 Å². The normalized spacial score (nSPS) is 11.5. The first-order valence-electron chi connectivity index (χ1n) is 14.7. The molecule has 45 heavy (non-hydrogen) atoms. The molecule has 0 N–H and O–H groups in total. The van der Waals surface area contributed by atoms with Crippen LogP contribution in [0.15, 0.2) is 65.4 Å². The lowest BCUT2D eigenvalue weighted by molar-refractivity contribution is -0.117. The lowest BCUT2D eigenvalue weighted by Crippen LogP contribution is -2.36. The van der Waals surface area contributed by atoms with Crippen LogP contribution < -0.4 is 4.74 Å². The van der Waals surface area contributed by atoms with Crippen molar-refractivity contribution in [3.05, 3.63) is 89.3 Å². The summed E-state index contributed by atoms with van der Waals surface area (Å²) in [5.41, 5.74) is 2.85. The molecule has 9 nitrogen and oxygen atoms in total. The van der Waals surface area contributed by atoms with Crippen LogP contribution in [0.3, 0.4) is 0 Å². The van der Waals surface area contributed by atoms with Crippen molar-refractivity contribution in [1.29, 1.82) is 0 Å². The summed E-state index contributed by atoms with van der Waals surface area (Å²) in [4.78, 5) is 36.8. The number of carbonyl (C=O) groups is 2. The highest BCUT2D eigenvalue weighted by atomic mass is 32.1. The maximum Gasteiger partial charge on any atom is 0.410 e. The van der Waals surface area contributed by atoms with E-state index in [2.05, 4.69) is 15.1 Å². The van der Waals surface area contributed by atoms with Crippen molar-refractivity contribution in [3.8, 4) is 22.1 Å². The number of halogens is 1. The number of pyridine rings is 2. The van der Waals surface area contributed by atoms with E-state index in [0.29, 0.717) is 41.4 Å². The maximum atomic E-state index is 15.1. The van der Waals surface area contributed by atoms with Gasteiger partial charge in [-0.15, -0.1) is 11.3 Å². The lowest BCUT2D eigenvalue weighted by atomic mass is 10.1. The molecule has 1 aromatic carbocycles. The van der Waals surface area contributed by atoms with E-state index in [4.69, 9.17) is 14.0 Å². The van der Waals surface area contributed by atoms with Gasteiger partial charge in [0, 0.05) is 37.5 Å². The van der Waals surface area contributed by atoms with Gasteiger partial charge in [0.25, 0.3) is 0 Å². The molecule has 234 valence electrons. The Balaban J connectivity index is 1.28. The van der Waals surface area contributed by atoms with Gasteiger partial charge < -0.3 is 18.9 Å². The zero-order valence-corrected chi connectivity index (χ0v) is 26.7. The molecule has 0 aliphatic rings. The summed E-state index contributed by atoms with van der Waals surface area (Å²) in [6.07, 6.45) is 4.01. The van der Waals surface area contributed by atoms with E-state index < -0.39 is 11.4 Å². The van der Waals surface area contributed by atoms with Gasteiger partial charge in [-0.05, 0) is 69.5 Å². The van der Waals surface area contributed by atoms with Crippen LogP contribution in [0.25, 0.3) is 20.8 Å². The van der Waals surface area contributed by atoms with E-state index in [0.717, 1.165) is 27.3 Å². The van der Waals surface area contributed by atoms with Crippen LogP contribution in [0, 0.1) is 12.7 Å². The van der Waals surface area contributed by atoms with Crippen molar-refractivity contribution in [1.82, 2.24) is 20.0 Å². The van der Waals surface area contributed by atoms with E-state index >= 15 is 4.39 Å². The highest BCUT2D eigenvalue weighted by molar-refractivity contribution is 7.22. The predicted octanol–water partition coefficient (Wildman–Crippen LogP) is 8.09. The zero-order chi connectivity index (χ0) is 32.1. The van der Waals surface area contributed by atoms with Crippen molar-refractivity contribution < 1.29 is 28.0 Å². The third kappa shape index (κ3) is 8.30. The fraction of sp³-hybridized carbons (Fsp3) is 0.324. The Morgan fingerprint density at radius 1 is 1.00 bits per heavy atom. The minimum atomic E-state index is -0.572. The molecule has 0 fully saturated rings. The van der Waals surface area contributed by atoms with Gasteiger partial charge in [0.2, 0.25) is 0 Å². The van der Waals surface area contributed by atoms with Gasteiger partial charge >= 0.3 is 6.09 Å². The Kier molecular flexibility index (Phi) is 9.57. The summed E-state index contributed by atoms with van der Waals surface area (Å²) in [6.45, 7) is 10.3. The summed E-state index contributed by atoms with van der Waals surface area (Å²) >= 11 is 1.44. The number of rotatable bonds is 11. The molecule has 5 aromatic rings. The molecule has 0 saturated heterocycles. The molecule has 4 aromatic heterocycles. The number of benzene rings is 1. The number of hydrogen-bond acceptors (Lipinski definition) is 9. The van der Waals surface area contributed by atoms with Crippen LogP contribution in [0.5, 0.6) is 11.5 Å². The molecule has 0 atom stereocenters. The molecule has 0 saturated carbocycles. The molecular formula is C34H35FN4O5S. The number of Topliss-reactive ketones (excluding diaryl/α,β-unsaturated/α-hetero) is 1. The third-order valence-corrected chi connectivity index (χ3v) is 7.81. The van der Waals surface area contributed by atoms with E-state index in [1.807, 2.05) is 45.9 Å². The fourth-order valence-corrected chi connectivity index (χ4v) is 5.73. The smallest absolute Gasteiger partial charge is 0.410 e. The summed E-state index contributed by atoms with van der Waals surface area (Å²) < 4.78 is 32.4. The van der Waals surface area contributed by atoms with Gasteiger partial charge in [-0.1, -0.05) is 24.2 Å². The highest BCUT2D eigenvalue weighted by Crippen LogP contribution is 2.39. The van der Waals surface area contributed by atoms with Gasteiger partial charge in [0.05, 0.1) is 39.4 Å². The molecule has 0 radical (unpaired) electrons. The number of fused-ring (bicyclic) bond motifs is 1. The number of aryl methyl sites for hydroxylation is 1. The standard InChI is InChI=1S/C34H35FN4O5S/c1-6-13-39(33(41)43-34(3,4)5)20-23-7-9-27(37-19-23)31-18-28-32(45-31)30(11-12-36-28)42-29-10-8-22(16-26(29)35)15-25(40)17-24-14-21(2)44-38-24/h7-12,14,16,18-19H,6,13,15,17,20H2,1-5H3. The molecule has 5 rings (SSSR count). The number of carbonyl (C=O) groups excluding carboxylic acids is 2. The van der Waals surface area contributed by atoms with Gasteiger partial charge in [0.1, 0.15) is 22.9 Å². The van der Waals surface area contributed by atoms with Gasteiger partial charge in [0.15, 0.2) is 11.6 Å². The van der Waals surface area contributed by atoms with E-state index in [-0.39, 0.29) is 30.5 Å². The topological polar surface area (TPSA) is 108 Å². The van der Waals surface area contributed by atoms with Gasteiger partial charge in [-0.3, -0.25) is 14.8 Å². The molecule has 11 heteroatoms. The van der Waals surface area contributed by atoms with Crippen LogP contribution in [0.4, 0.5) is 9.18 Å². The van der Waals surface area contributed by atoms with Crippen LogP contribution >= 0.6 is 11.3 Å². The van der Waals surface area contributed by atoms with Crippen LogP contribution in [-0.4, -0.2) is 44.0 Å². The maximum absolute atomic E-state index is 15.1. The monoisotopic (exact) mass is 630 g/mol. The Bertz CT molecular complexity index is 1810. The zero-order valence-electron chi connectivity index (χ0n) is 25.9. The minimum Gasteiger partial charge on any atom is -0.453 e. The quantitative estimate of drug-likeness (QED) is 0.144. The predicted molar refractivity (Wildman–Crippen MR) is 170 cm³/mol. The average molecular weight is 631 g/mol. The number of ketones is 1. The summed E-state index contributed by atoms with van der Waals surface area (Å²) in [7, 11) is 0. The number of hydrogen-bond donors (Lipinski definition) is 0. The molecule has 0 aliphatic heterocycles. The summed E-state index contributed by atoms with van der Waals surface area (Å²) in [5, 5.41) is 3.84. The van der Waals surface area contributed by atoms with Crippen LogP contribution in [0.1, 0.15) is 56.7 Å². The SMILES string of the molecule is CCCN(Cc1ccc(-c2cc3nccc(Oc4ccc(CC(=O)Cc5cc(C)on5)cc4F)c3s2)nc1)C(=O)OC(C)(C)C. The Hall–Kier alpha value is -4.64. The first-order valence-corrected chi connectivity index (χ1v) is 15.5. The first-order chi connectivity index (χ1) is 21.5. The van der Waals surface area contributed by atoms with Crippen molar-refractivity contribution in [2.45, 2.75) is 66.0 Å². The molecule has 1 amide bonds. The van der Waals surface area contributed by atoms with E-state index in [1.165, 1.54) is 23.5 Å². The van der Waals surface area contributed by atoms with Gasteiger partial charge in [-0.25, -0.2) is 9.18 Å². The first kappa shape index (κ1) is 31.8.